The Balaban J connectivity index is 2.01. The topological polar surface area (TPSA) is 67.8 Å². The van der Waals surface area contributed by atoms with Crippen molar-refractivity contribution in [2.45, 2.75) is 13.5 Å². The van der Waals surface area contributed by atoms with Crippen molar-refractivity contribution in [1.82, 2.24) is 20.5 Å². The van der Waals surface area contributed by atoms with Gasteiger partial charge in [0.05, 0.1) is 0 Å². The molecule has 5 nitrogen and oxygen atoms in total. The minimum Gasteiger partial charge on any atom is -0.346 e. The zero-order valence-corrected chi connectivity index (χ0v) is 10.5. The number of pyridine rings is 1. The summed E-state index contributed by atoms with van der Waals surface area (Å²) in [4.78, 5) is 15.8. The highest BCUT2D eigenvalue weighted by Crippen LogP contribution is 2.05. The fraction of sp³-hybridized carbons (Fsp3) is 0.167. The van der Waals surface area contributed by atoms with Gasteiger partial charge in [0, 0.05) is 18.9 Å². The van der Waals surface area contributed by atoms with Crippen LogP contribution in [0.5, 0.6) is 0 Å². The molecular formula is C12H11ClN4O. The Bertz CT molecular complexity index is 556. The fourth-order valence-electron chi connectivity index (χ4n) is 1.38. The molecule has 2 heterocycles. The quantitative estimate of drug-likeness (QED) is 0.915. The fourth-order valence-corrected chi connectivity index (χ4v) is 1.49. The van der Waals surface area contributed by atoms with Crippen LogP contribution in [0.4, 0.5) is 0 Å². The maximum absolute atomic E-state index is 11.8. The van der Waals surface area contributed by atoms with Crippen molar-refractivity contribution in [2.24, 2.45) is 0 Å². The highest BCUT2D eigenvalue weighted by atomic mass is 35.5. The van der Waals surface area contributed by atoms with Gasteiger partial charge in [-0.2, -0.15) is 0 Å². The van der Waals surface area contributed by atoms with Crippen LogP contribution in [0.2, 0.25) is 5.15 Å². The summed E-state index contributed by atoms with van der Waals surface area (Å²) in [6.07, 6.45) is 3.44. The first-order chi connectivity index (χ1) is 8.66. The van der Waals surface area contributed by atoms with E-state index < -0.39 is 0 Å². The van der Waals surface area contributed by atoms with Crippen molar-refractivity contribution in [3.05, 3.63) is 52.6 Å². The number of hydrogen-bond donors (Lipinski definition) is 1. The molecule has 0 aliphatic rings. The van der Waals surface area contributed by atoms with Crippen LogP contribution in [-0.2, 0) is 6.54 Å². The first-order valence-corrected chi connectivity index (χ1v) is 5.71. The summed E-state index contributed by atoms with van der Waals surface area (Å²) in [5.41, 5.74) is 2.28. The van der Waals surface area contributed by atoms with E-state index in [4.69, 9.17) is 11.6 Å². The molecular weight excluding hydrogens is 252 g/mol. The van der Waals surface area contributed by atoms with E-state index in [0.717, 1.165) is 11.1 Å². The SMILES string of the molecule is Cc1ccncc1CNC(=O)c1ccc(Cl)nn1. The molecule has 0 bridgehead atoms. The van der Waals surface area contributed by atoms with Crippen molar-refractivity contribution >= 4 is 17.5 Å². The van der Waals surface area contributed by atoms with Gasteiger partial charge in [-0.05, 0) is 36.2 Å². The first kappa shape index (κ1) is 12.4. The molecule has 0 spiro atoms. The first-order valence-electron chi connectivity index (χ1n) is 5.34. The molecule has 6 heteroatoms. The number of rotatable bonds is 3. The van der Waals surface area contributed by atoms with E-state index in [1.54, 1.807) is 12.4 Å². The molecule has 2 aromatic rings. The average Bonchev–Trinajstić information content (AvgIpc) is 2.38. The predicted molar refractivity (Wildman–Crippen MR) is 67.2 cm³/mol. The summed E-state index contributed by atoms with van der Waals surface area (Å²) in [7, 11) is 0. The highest BCUT2D eigenvalue weighted by molar-refractivity contribution is 6.29. The minimum absolute atomic E-state index is 0.237. The van der Waals surface area contributed by atoms with Crippen molar-refractivity contribution in [2.75, 3.05) is 0 Å². The summed E-state index contributed by atoms with van der Waals surface area (Å²) in [6.45, 7) is 2.37. The average molecular weight is 263 g/mol. The minimum atomic E-state index is -0.289. The number of aromatic nitrogens is 3. The van der Waals surface area contributed by atoms with Crippen molar-refractivity contribution in [1.29, 1.82) is 0 Å². The second kappa shape index (κ2) is 5.55. The monoisotopic (exact) mass is 262 g/mol. The van der Waals surface area contributed by atoms with Gasteiger partial charge in [0.1, 0.15) is 0 Å². The lowest BCUT2D eigenvalue weighted by Gasteiger charge is -2.06. The van der Waals surface area contributed by atoms with Gasteiger partial charge in [-0.3, -0.25) is 9.78 Å². The van der Waals surface area contributed by atoms with E-state index in [9.17, 15) is 4.79 Å². The van der Waals surface area contributed by atoms with Gasteiger partial charge in [-0.1, -0.05) is 11.6 Å². The van der Waals surface area contributed by atoms with Crippen LogP contribution >= 0.6 is 11.6 Å². The molecule has 0 radical (unpaired) electrons. The predicted octanol–water partition coefficient (Wildman–Crippen LogP) is 1.76. The smallest absolute Gasteiger partial charge is 0.272 e. The Kier molecular flexibility index (Phi) is 3.84. The van der Waals surface area contributed by atoms with Crippen LogP contribution in [0.3, 0.4) is 0 Å². The molecule has 0 saturated carbocycles. The molecule has 18 heavy (non-hydrogen) atoms. The number of hydrogen-bond acceptors (Lipinski definition) is 4. The summed E-state index contributed by atoms with van der Waals surface area (Å²) < 4.78 is 0. The lowest BCUT2D eigenvalue weighted by atomic mass is 10.1. The second-order valence-corrected chi connectivity index (χ2v) is 4.11. The van der Waals surface area contributed by atoms with Crippen LogP contribution in [0.15, 0.2) is 30.6 Å². The van der Waals surface area contributed by atoms with Crippen molar-refractivity contribution < 1.29 is 4.79 Å². The van der Waals surface area contributed by atoms with E-state index in [0.29, 0.717) is 6.54 Å². The summed E-state index contributed by atoms with van der Waals surface area (Å²) >= 11 is 5.60. The molecule has 0 fully saturated rings. The number of carbonyl (C=O) groups excluding carboxylic acids is 1. The van der Waals surface area contributed by atoms with Crippen LogP contribution in [-0.4, -0.2) is 21.1 Å². The molecule has 1 amide bonds. The van der Waals surface area contributed by atoms with Gasteiger partial charge in [0.2, 0.25) is 0 Å². The standard InChI is InChI=1S/C12H11ClN4O/c1-8-4-5-14-6-9(8)7-15-12(18)10-2-3-11(13)17-16-10/h2-6H,7H2,1H3,(H,15,18). The van der Waals surface area contributed by atoms with Crippen LogP contribution in [0.1, 0.15) is 21.6 Å². The normalized spacial score (nSPS) is 10.1. The Labute approximate surface area is 109 Å². The molecule has 92 valence electrons. The Morgan fingerprint density at radius 3 is 2.83 bits per heavy atom. The van der Waals surface area contributed by atoms with E-state index in [1.807, 2.05) is 13.0 Å². The number of halogens is 1. The highest BCUT2D eigenvalue weighted by Gasteiger charge is 2.08. The van der Waals surface area contributed by atoms with Crippen LogP contribution in [0.25, 0.3) is 0 Å². The molecule has 2 rings (SSSR count). The van der Waals surface area contributed by atoms with E-state index >= 15 is 0 Å². The number of aryl methyl sites for hydroxylation is 1. The van der Waals surface area contributed by atoms with Crippen LogP contribution in [0, 0.1) is 6.92 Å². The zero-order valence-electron chi connectivity index (χ0n) is 9.72. The third kappa shape index (κ3) is 3.01. The molecule has 2 aromatic heterocycles. The summed E-state index contributed by atoms with van der Waals surface area (Å²) in [6, 6.07) is 4.95. The molecule has 1 N–H and O–H groups in total. The van der Waals surface area contributed by atoms with Crippen molar-refractivity contribution in [3.8, 4) is 0 Å². The van der Waals surface area contributed by atoms with E-state index in [1.165, 1.54) is 12.1 Å². The molecule has 0 aliphatic carbocycles. The molecule has 0 atom stereocenters. The van der Waals surface area contributed by atoms with Gasteiger partial charge in [0.25, 0.3) is 5.91 Å². The zero-order chi connectivity index (χ0) is 13.0. The Morgan fingerprint density at radius 1 is 1.33 bits per heavy atom. The molecule has 0 unspecified atom stereocenters. The maximum Gasteiger partial charge on any atom is 0.272 e. The van der Waals surface area contributed by atoms with Gasteiger partial charge in [0.15, 0.2) is 10.8 Å². The lowest BCUT2D eigenvalue weighted by molar-refractivity contribution is 0.0945. The van der Waals surface area contributed by atoms with Gasteiger partial charge in [-0.15, -0.1) is 10.2 Å². The summed E-state index contributed by atoms with van der Waals surface area (Å²) in [5.74, 6) is -0.289. The third-order valence-electron chi connectivity index (χ3n) is 2.45. The largest absolute Gasteiger partial charge is 0.346 e. The number of amides is 1. The molecule has 0 aliphatic heterocycles. The van der Waals surface area contributed by atoms with E-state index in [2.05, 4.69) is 20.5 Å². The van der Waals surface area contributed by atoms with Gasteiger partial charge < -0.3 is 5.32 Å². The van der Waals surface area contributed by atoms with Gasteiger partial charge in [-0.25, -0.2) is 0 Å². The molecule has 0 saturated heterocycles. The summed E-state index contributed by atoms with van der Waals surface area (Å²) in [5, 5.41) is 10.3. The Morgan fingerprint density at radius 2 is 2.17 bits per heavy atom. The number of nitrogens with zero attached hydrogens (tertiary/aromatic N) is 3. The Hall–Kier alpha value is -2.01. The molecule has 0 aromatic carbocycles. The number of nitrogens with one attached hydrogen (secondary N) is 1. The van der Waals surface area contributed by atoms with E-state index in [-0.39, 0.29) is 16.8 Å². The number of carbonyl (C=O) groups is 1. The second-order valence-electron chi connectivity index (χ2n) is 3.73. The third-order valence-corrected chi connectivity index (χ3v) is 2.65. The van der Waals surface area contributed by atoms with Crippen molar-refractivity contribution in [3.63, 3.8) is 0 Å². The maximum atomic E-state index is 11.8. The van der Waals surface area contributed by atoms with Crippen LogP contribution < -0.4 is 5.32 Å². The lowest BCUT2D eigenvalue weighted by Crippen LogP contribution is -2.24. The van der Waals surface area contributed by atoms with Gasteiger partial charge >= 0.3 is 0 Å².